The third-order valence-electron chi connectivity index (χ3n) is 5.42. The summed E-state index contributed by atoms with van der Waals surface area (Å²) in [5.74, 6) is -1.45. The number of carbonyl (C=O) groups excluding carboxylic acids is 1. The van der Waals surface area contributed by atoms with Crippen LogP contribution in [-0.2, 0) is 0 Å². The quantitative estimate of drug-likeness (QED) is 0.913. The Hall–Kier alpha value is -2.28. The van der Waals surface area contributed by atoms with E-state index in [4.69, 9.17) is 0 Å². The molecular weight excluding hydrogens is 340 g/mol. The Labute approximate surface area is 150 Å². The molecular formula is C19H21F2N3O2. The van der Waals surface area contributed by atoms with Crippen LogP contribution in [0.2, 0.25) is 0 Å². The Bertz CT molecular complexity index is 817. The Morgan fingerprint density at radius 3 is 2.73 bits per heavy atom. The van der Waals surface area contributed by atoms with E-state index in [1.54, 1.807) is 16.9 Å². The van der Waals surface area contributed by atoms with Crippen LogP contribution in [-0.4, -0.2) is 38.3 Å². The summed E-state index contributed by atoms with van der Waals surface area (Å²) in [4.78, 5) is 14.6. The molecule has 1 aromatic heterocycles. The lowest BCUT2D eigenvalue weighted by Gasteiger charge is -2.26. The van der Waals surface area contributed by atoms with E-state index in [0.29, 0.717) is 5.69 Å². The second-order valence-corrected chi connectivity index (χ2v) is 7.13. The molecule has 1 saturated carbocycles. The van der Waals surface area contributed by atoms with Crippen molar-refractivity contribution in [2.24, 2.45) is 0 Å². The molecule has 0 spiro atoms. The summed E-state index contributed by atoms with van der Waals surface area (Å²) in [6, 6.07) is 4.37. The summed E-state index contributed by atoms with van der Waals surface area (Å²) in [6.45, 7) is 0.0926. The van der Waals surface area contributed by atoms with Gasteiger partial charge in [0.15, 0.2) is 0 Å². The second-order valence-electron chi connectivity index (χ2n) is 7.13. The third kappa shape index (κ3) is 3.00. The topological polar surface area (TPSA) is 58.4 Å². The van der Waals surface area contributed by atoms with E-state index in [1.807, 2.05) is 0 Å². The molecule has 1 aromatic carbocycles. The van der Waals surface area contributed by atoms with Gasteiger partial charge in [-0.1, -0.05) is 12.8 Å². The van der Waals surface area contributed by atoms with Crippen LogP contribution in [0.1, 0.15) is 60.2 Å². The predicted octanol–water partition coefficient (Wildman–Crippen LogP) is 3.22. The Morgan fingerprint density at radius 2 is 1.96 bits per heavy atom. The van der Waals surface area contributed by atoms with E-state index in [1.165, 1.54) is 4.90 Å². The minimum Gasteiger partial charge on any atom is -0.391 e. The van der Waals surface area contributed by atoms with Crippen molar-refractivity contribution in [1.82, 2.24) is 14.7 Å². The van der Waals surface area contributed by atoms with E-state index < -0.39 is 23.8 Å². The third-order valence-corrected chi connectivity index (χ3v) is 5.42. The summed E-state index contributed by atoms with van der Waals surface area (Å²) in [5.41, 5.74) is 0.537. The number of benzene rings is 1. The molecule has 5 nitrogen and oxygen atoms in total. The molecule has 1 saturated heterocycles. The van der Waals surface area contributed by atoms with Crippen LogP contribution in [0, 0.1) is 11.6 Å². The van der Waals surface area contributed by atoms with Gasteiger partial charge >= 0.3 is 0 Å². The number of carbonyl (C=O) groups is 1. The zero-order valence-electron chi connectivity index (χ0n) is 14.3. The molecule has 138 valence electrons. The van der Waals surface area contributed by atoms with Gasteiger partial charge in [0.05, 0.1) is 18.2 Å². The number of aliphatic hydroxyl groups excluding tert-OH is 1. The standard InChI is InChI=1S/C19H21F2N3O2/c20-12-5-6-16(21)15(9-12)18-10-14(25)11-23(18)19(26)17-7-8-22-24(17)13-3-1-2-4-13/h5-9,13-14,18,25H,1-4,10-11H2. The largest absolute Gasteiger partial charge is 0.391 e. The number of hydrogen-bond donors (Lipinski definition) is 1. The zero-order valence-corrected chi connectivity index (χ0v) is 14.3. The van der Waals surface area contributed by atoms with Crippen LogP contribution in [0.5, 0.6) is 0 Å². The number of nitrogens with zero attached hydrogens (tertiary/aromatic N) is 3. The first-order valence-electron chi connectivity index (χ1n) is 9.02. The highest BCUT2D eigenvalue weighted by Gasteiger charge is 2.38. The number of amides is 1. The van der Waals surface area contributed by atoms with Crippen LogP contribution < -0.4 is 0 Å². The summed E-state index contributed by atoms with van der Waals surface area (Å²) in [5, 5.41) is 14.4. The fourth-order valence-electron chi connectivity index (χ4n) is 4.17. The van der Waals surface area contributed by atoms with Crippen molar-refractivity contribution in [2.45, 2.75) is 50.3 Å². The molecule has 7 heteroatoms. The number of hydrogen-bond acceptors (Lipinski definition) is 3. The smallest absolute Gasteiger partial charge is 0.272 e. The van der Waals surface area contributed by atoms with Gasteiger partial charge in [-0.3, -0.25) is 9.48 Å². The van der Waals surface area contributed by atoms with Crippen molar-refractivity contribution in [3.05, 3.63) is 53.4 Å². The predicted molar refractivity (Wildman–Crippen MR) is 90.5 cm³/mol. The van der Waals surface area contributed by atoms with Gasteiger partial charge in [0, 0.05) is 18.3 Å². The van der Waals surface area contributed by atoms with Gasteiger partial charge < -0.3 is 10.0 Å². The molecule has 2 heterocycles. The van der Waals surface area contributed by atoms with E-state index in [9.17, 15) is 18.7 Å². The maximum Gasteiger partial charge on any atom is 0.272 e. The van der Waals surface area contributed by atoms with Crippen molar-refractivity contribution in [1.29, 1.82) is 0 Å². The van der Waals surface area contributed by atoms with E-state index >= 15 is 0 Å². The van der Waals surface area contributed by atoms with Gasteiger partial charge in [-0.2, -0.15) is 5.10 Å². The summed E-state index contributed by atoms with van der Waals surface area (Å²) in [6.07, 6.45) is 5.18. The van der Waals surface area contributed by atoms with Crippen molar-refractivity contribution in [2.75, 3.05) is 6.54 Å². The first kappa shape index (κ1) is 17.1. The highest BCUT2D eigenvalue weighted by atomic mass is 19.1. The van der Waals surface area contributed by atoms with Gasteiger partial charge in [-0.15, -0.1) is 0 Å². The summed E-state index contributed by atoms with van der Waals surface area (Å²) >= 11 is 0. The van der Waals surface area contributed by atoms with Crippen LogP contribution in [0.3, 0.4) is 0 Å². The van der Waals surface area contributed by atoms with Crippen LogP contribution in [0.15, 0.2) is 30.5 Å². The molecule has 2 fully saturated rings. The SMILES string of the molecule is O=C(c1ccnn1C1CCCC1)N1CC(O)CC1c1cc(F)ccc1F. The number of aromatic nitrogens is 2. The average molecular weight is 361 g/mol. The molecule has 1 amide bonds. The van der Waals surface area contributed by atoms with Crippen molar-refractivity contribution in [3.63, 3.8) is 0 Å². The second kappa shape index (κ2) is 6.79. The lowest BCUT2D eigenvalue weighted by Crippen LogP contribution is -2.34. The number of β-amino-alcohol motifs (C(OH)–C–C–N with tert-alkyl or cyclic N) is 1. The van der Waals surface area contributed by atoms with Gasteiger partial charge in [0.2, 0.25) is 0 Å². The number of likely N-dealkylation sites (tertiary alicyclic amines) is 1. The molecule has 26 heavy (non-hydrogen) atoms. The highest BCUT2D eigenvalue weighted by Crippen LogP contribution is 2.36. The number of aliphatic hydroxyl groups is 1. The first-order chi connectivity index (χ1) is 12.5. The van der Waals surface area contributed by atoms with Crippen LogP contribution in [0.4, 0.5) is 8.78 Å². The minimum absolute atomic E-state index is 0.0926. The molecule has 2 aliphatic rings. The number of halogens is 2. The molecule has 2 unspecified atom stereocenters. The maximum absolute atomic E-state index is 14.2. The van der Waals surface area contributed by atoms with Gasteiger partial charge in [0.25, 0.3) is 5.91 Å². The molecule has 1 aliphatic carbocycles. The van der Waals surface area contributed by atoms with Crippen LogP contribution in [0.25, 0.3) is 0 Å². The Balaban J connectivity index is 1.66. The number of rotatable bonds is 3. The monoisotopic (exact) mass is 361 g/mol. The van der Waals surface area contributed by atoms with Crippen LogP contribution >= 0.6 is 0 Å². The Kier molecular flexibility index (Phi) is 4.48. The van der Waals surface area contributed by atoms with E-state index in [-0.39, 0.29) is 30.5 Å². The van der Waals surface area contributed by atoms with E-state index in [2.05, 4.69) is 5.10 Å². The summed E-state index contributed by atoms with van der Waals surface area (Å²) in [7, 11) is 0. The summed E-state index contributed by atoms with van der Waals surface area (Å²) < 4.78 is 29.6. The van der Waals surface area contributed by atoms with Crippen molar-refractivity contribution < 1.29 is 18.7 Å². The highest BCUT2D eigenvalue weighted by molar-refractivity contribution is 5.93. The molecule has 0 radical (unpaired) electrons. The lowest BCUT2D eigenvalue weighted by molar-refractivity contribution is 0.0698. The van der Waals surface area contributed by atoms with E-state index in [0.717, 1.165) is 43.9 Å². The van der Waals surface area contributed by atoms with Gasteiger partial charge in [-0.25, -0.2) is 8.78 Å². The molecule has 1 N–H and O–H groups in total. The molecule has 0 bridgehead atoms. The average Bonchev–Trinajstić information content (AvgIpc) is 3.35. The van der Waals surface area contributed by atoms with Crippen molar-refractivity contribution in [3.8, 4) is 0 Å². The molecule has 2 atom stereocenters. The molecule has 4 rings (SSSR count). The first-order valence-corrected chi connectivity index (χ1v) is 9.02. The normalized spacial score (nSPS) is 23.7. The van der Waals surface area contributed by atoms with Gasteiger partial charge in [-0.05, 0) is 43.5 Å². The molecule has 2 aromatic rings. The fourth-order valence-corrected chi connectivity index (χ4v) is 4.17. The van der Waals surface area contributed by atoms with Gasteiger partial charge in [0.1, 0.15) is 17.3 Å². The zero-order chi connectivity index (χ0) is 18.3. The maximum atomic E-state index is 14.2. The van der Waals surface area contributed by atoms with Crippen molar-refractivity contribution >= 4 is 5.91 Å². The minimum atomic E-state index is -0.769. The Morgan fingerprint density at radius 1 is 1.19 bits per heavy atom. The fraction of sp³-hybridized carbons (Fsp3) is 0.474. The lowest BCUT2D eigenvalue weighted by atomic mass is 10.0. The molecule has 1 aliphatic heterocycles.